The molecule has 3 aromatic heterocycles. The fourth-order valence-electron chi connectivity index (χ4n) is 4.22. The van der Waals surface area contributed by atoms with E-state index in [-0.39, 0.29) is 0 Å². The molecule has 0 aliphatic rings. The van der Waals surface area contributed by atoms with Crippen molar-refractivity contribution in [1.82, 2.24) is 14.4 Å². The molecular formula is C23H19N3. The Labute approximate surface area is 152 Å². The van der Waals surface area contributed by atoms with Crippen LogP contribution in [0.5, 0.6) is 0 Å². The minimum atomic E-state index is 0.982. The van der Waals surface area contributed by atoms with Gasteiger partial charge in [0.15, 0.2) is 0 Å². The number of hydrogen-bond donors (Lipinski definition) is 0. The quantitative estimate of drug-likeness (QED) is 0.371. The second-order valence-corrected chi connectivity index (χ2v) is 6.99. The minimum Gasteiger partial charge on any atom is -0.290 e. The lowest BCUT2D eigenvalue weighted by atomic mass is 9.97. The molecule has 0 aliphatic carbocycles. The molecule has 0 amide bonds. The van der Waals surface area contributed by atoms with Gasteiger partial charge in [-0.25, -0.2) is 4.98 Å². The van der Waals surface area contributed by atoms with Crippen LogP contribution in [0.15, 0.2) is 60.9 Å². The van der Waals surface area contributed by atoms with E-state index in [1.165, 1.54) is 22.3 Å². The van der Waals surface area contributed by atoms with Crippen molar-refractivity contribution in [2.75, 3.05) is 0 Å². The Morgan fingerprint density at radius 3 is 2.31 bits per heavy atom. The van der Waals surface area contributed by atoms with E-state index in [1.807, 2.05) is 18.5 Å². The molecule has 0 saturated carbocycles. The largest absolute Gasteiger partial charge is 0.290 e. The van der Waals surface area contributed by atoms with E-state index in [1.54, 1.807) is 0 Å². The average molecular weight is 337 g/mol. The third-order valence-electron chi connectivity index (χ3n) is 5.15. The van der Waals surface area contributed by atoms with E-state index >= 15 is 0 Å². The Balaban J connectivity index is 2.02. The predicted octanol–water partition coefficient (Wildman–Crippen LogP) is 5.63. The summed E-state index contributed by atoms with van der Waals surface area (Å²) in [5.74, 6) is 0. The molecule has 0 aliphatic heterocycles. The van der Waals surface area contributed by atoms with E-state index in [9.17, 15) is 0 Å². The van der Waals surface area contributed by atoms with Gasteiger partial charge in [-0.1, -0.05) is 42.0 Å². The van der Waals surface area contributed by atoms with Gasteiger partial charge in [-0.3, -0.25) is 9.38 Å². The van der Waals surface area contributed by atoms with Crippen LogP contribution < -0.4 is 0 Å². The number of pyridine rings is 2. The summed E-state index contributed by atoms with van der Waals surface area (Å²) in [6, 6.07) is 17.0. The van der Waals surface area contributed by atoms with Gasteiger partial charge in [-0.05, 0) is 44.0 Å². The zero-order valence-electron chi connectivity index (χ0n) is 15.1. The van der Waals surface area contributed by atoms with Gasteiger partial charge in [0.1, 0.15) is 5.65 Å². The smallest absolute Gasteiger partial charge is 0.145 e. The summed E-state index contributed by atoms with van der Waals surface area (Å²) in [7, 11) is 0. The zero-order chi connectivity index (χ0) is 17.8. The molecule has 3 heteroatoms. The van der Waals surface area contributed by atoms with Crippen LogP contribution in [0.3, 0.4) is 0 Å². The molecule has 0 spiro atoms. The molecule has 0 bridgehead atoms. The first-order valence-electron chi connectivity index (χ1n) is 8.86. The molecule has 5 rings (SSSR count). The lowest BCUT2D eigenvalue weighted by molar-refractivity contribution is 1.23. The molecule has 26 heavy (non-hydrogen) atoms. The lowest BCUT2D eigenvalue weighted by Gasteiger charge is -2.14. The number of hydrogen-bond acceptors (Lipinski definition) is 2. The maximum absolute atomic E-state index is 4.81. The molecule has 5 aromatic rings. The van der Waals surface area contributed by atoms with Crippen LogP contribution >= 0.6 is 0 Å². The number of rotatable bonds is 1. The molecule has 3 nitrogen and oxygen atoms in total. The van der Waals surface area contributed by atoms with E-state index < -0.39 is 0 Å². The molecule has 0 saturated heterocycles. The highest BCUT2D eigenvalue weighted by Gasteiger charge is 2.17. The standard InChI is InChI=1S/C23H19N3/c1-14-11-15(2)21(16(3)12-14)20-13-25-23-18-8-5-4-7-17(18)22-19(26(20)23)9-6-10-24-22/h4-13H,1-3H3. The SMILES string of the molecule is Cc1cc(C)c(-c2cnc3c4ccccc4c4ncccc4n23)c(C)c1. The number of nitrogens with zero attached hydrogens (tertiary/aromatic N) is 3. The summed E-state index contributed by atoms with van der Waals surface area (Å²) in [4.78, 5) is 9.50. The normalized spacial score (nSPS) is 11.7. The summed E-state index contributed by atoms with van der Waals surface area (Å²) in [6.45, 7) is 6.50. The second kappa shape index (κ2) is 5.40. The number of aryl methyl sites for hydroxylation is 3. The first-order chi connectivity index (χ1) is 12.6. The van der Waals surface area contributed by atoms with E-state index in [4.69, 9.17) is 4.98 Å². The molecule has 2 aromatic carbocycles. The van der Waals surface area contributed by atoms with Crippen molar-refractivity contribution >= 4 is 27.5 Å². The van der Waals surface area contributed by atoms with Crippen LogP contribution in [0.2, 0.25) is 0 Å². The molecule has 0 unspecified atom stereocenters. The van der Waals surface area contributed by atoms with Gasteiger partial charge >= 0.3 is 0 Å². The highest BCUT2D eigenvalue weighted by atomic mass is 15.0. The molecule has 3 heterocycles. The molecule has 0 radical (unpaired) electrons. The van der Waals surface area contributed by atoms with Crippen LogP contribution in [0.4, 0.5) is 0 Å². The van der Waals surface area contributed by atoms with Gasteiger partial charge in [0.05, 0.1) is 22.9 Å². The van der Waals surface area contributed by atoms with Crippen molar-refractivity contribution in [2.45, 2.75) is 20.8 Å². The van der Waals surface area contributed by atoms with E-state index in [0.29, 0.717) is 0 Å². The Morgan fingerprint density at radius 1 is 0.808 bits per heavy atom. The Kier molecular flexibility index (Phi) is 3.13. The van der Waals surface area contributed by atoms with Crippen molar-refractivity contribution in [3.05, 3.63) is 77.6 Å². The first-order valence-corrected chi connectivity index (χ1v) is 8.86. The summed E-state index contributed by atoms with van der Waals surface area (Å²) in [5.41, 5.74) is 9.29. The Hall–Kier alpha value is -3.20. The molecule has 0 fully saturated rings. The maximum atomic E-state index is 4.81. The number of benzene rings is 2. The van der Waals surface area contributed by atoms with Crippen LogP contribution in [-0.2, 0) is 0 Å². The van der Waals surface area contributed by atoms with Gasteiger partial charge in [0, 0.05) is 22.5 Å². The van der Waals surface area contributed by atoms with Gasteiger partial charge in [0.25, 0.3) is 0 Å². The first kappa shape index (κ1) is 15.1. The molecular weight excluding hydrogens is 318 g/mol. The minimum absolute atomic E-state index is 0.982. The van der Waals surface area contributed by atoms with Gasteiger partial charge in [0.2, 0.25) is 0 Å². The van der Waals surface area contributed by atoms with E-state index in [0.717, 1.165) is 33.1 Å². The van der Waals surface area contributed by atoms with Crippen molar-refractivity contribution in [3.8, 4) is 11.3 Å². The van der Waals surface area contributed by atoms with Crippen molar-refractivity contribution in [2.24, 2.45) is 0 Å². The molecule has 0 N–H and O–H groups in total. The third-order valence-corrected chi connectivity index (χ3v) is 5.15. The van der Waals surface area contributed by atoms with Gasteiger partial charge in [-0.15, -0.1) is 0 Å². The van der Waals surface area contributed by atoms with Gasteiger partial charge < -0.3 is 0 Å². The molecule has 126 valence electrons. The van der Waals surface area contributed by atoms with Crippen LogP contribution in [0.25, 0.3) is 38.7 Å². The van der Waals surface area contributed by atoms with Gasteiger partial charge in [-0.2, -0.15) is 0 Å². The number of imidazole rings is 1. The Morgan fingerprint density at radius 2 is 1.54 bits per heavy atom. The van der Waals surface area contributed by atoms with Crippen molar-refractivity contribution in [3.63, 3.8) is 0 Å². The number of fused-ring (bicyclic) bond motifs is 6. The second-order valence-electron chi connectivity index (χ2n) is 6.99. The highest BCUT2D eigenvalue weighted by molar-refractivity contribution is 6.10. The maximum Gasteiger partial charge on any atom is 0.145 e. The number of aromatic nitrogens is 3. The molecule has 0 atom stereocenters. The van der Waals surface area contributed by atoms with Crippen molar-refractivity contribution in [1.29, 1.82) is 0 Å². The average Bonchev–Trinajstić information content (AvgIpc) is 3.06. The Bertz CT molecular complexity index is 1290. The van der Waals surface area contributed by atoms with Crippen LogP contribution in [-0.4, -0.2) is 14.4 Å². The predicted molar refractivity (Wildman–Crippen MR) is 108 cm³/mol. The summed E-state index contributed by atoms with van der Waals surface area (Å²) in [5, 5.41) is 2.28. The fourth-order valence-corrected chi connectivity index (χ4v) is 4.22. The highest BCUT2D eigenvalue weighted by Crippen LogP contribution is 2.34. The topological polar surface area (TPSA) is 30.2 Å². The monoisotopic (exact) mass is 337 g/mol. The third kappa shape index (κ3) is 2.00. The van der Waals surface area contributed by atoms with E-state index in [2.05, 4.69) is 72.6 Å². The van der Waals surface area contributed by atoms with Crippen LogP contribution in [0.1, 0.15) is 16.7 Å². The zero-order valence-corrected chi connectivity index (χ0v) is 15.1. The van der Waals surface area contributed by atoms with Crippen molar-refractivity contribution < 1.29 is 0 Å². The van der Waals surface area contributed by atoms with Crippen LogP contribution in [0, 0.1) is 20.8 Å². The summed E-state index contributed by atoms with van der Waals surface area (Å²) >= 11 is 0. The summed E-state index contributed by atoms with van der Waals surface area (Å²) in [6.07, 6.45) is 3.86. The summed E-state index contributed by atoms with van der Waals surface area (Å²) < 4.78 is 2.26. The lowest BCUT2D eigenvalue weighted by Crippen LogP contribution is -1.97. The fraction of sp³-hybridized carbons (Fsp3) is 0.130.